The molecule has 1 atom stereocenters. The Labute approximate surface area is 76.6 Å². The minimum absolute atomic E-state index is 0.594. The molecule has 0 amide bonds. The van der Waals surface area contributed by atoms with E-state index < -0.39 is 0 Å². The van der Waals surface area contributed by atoms with E-state index in [1.54, 1.807) is 0 Å². The molecule has 1 unspecified atom stereocenters. The molecule has 0 rings (SSSR count). The molecule has 0 aromatic heterocycles. The molecule has 0 aliphatic rings. The molecule has 2 nitrogen and oxygen atoms in total. The van der Waals surface area contributed by atoms with Gasteiger partial charge in [-0.3, -0.25) is 0 Å². The normalized spacial score (nSPS) is 13.4. The molecule has 1 N–H and O–H groups in total. The van der Waals surface area contributed by atoms with Gasteiger partial charge >= 0.3 is 0 Å². The number of hydrogen-bond donors (Lipinski definition) is 1. The second kappa shape index (κ2) is 6.21. The molecule has 12 heavy (non-hydrogen) atoms. The molecule has 0 radical (unpaired) electrons. The Balaban J connectivity index is 3.60. The van der Waals surface area contributed by atoms with Gasteiger partial charge in [0, 0.05) is 12.6 Å². The summed E-state index contributed by atoms with van der Waals surface area (Å²) in [6.45, 7) is 7.09. The molecule has 2 heteroatoms. The Morgan fingerprint density at radius 2 is 2.08 bits per heavy atom. The van der Waals surface area contributed by atoms with Crippen LogP contribution in [0.25, 0.3) is 0 Å². The summed E-state index contributed by atoms with van der Waals surface area (Å²) in [6.07, 6.45) is 2.31. The summed E-state index contributed by atoms with van der Waals surface area (Å²) in [5.41, 5.74) is 1.27. The quantitative estimate of drug-likeness (QED) is 0.608. The Kier molecular flexibility index (Phi) is 6.03. The highest BCUT2D eigenvalue weighted by Gasteiger charge is 2.06. The van der Waals surface area contributed by atoms with Crippen LogP contribution in [0.4, 0.5) is 0 Å². The van der Waals surface area contributed by atoms with E-state index in [1.807, 2.05) is 7.05 Å². The average molecular weight is 170 g/mol. The maximum absolute atomic E-state index is 3.90. The number of nitrogens with one attached hydrogen (secondary N) is 1. The van der Waals surface area contributed by atoms with Crippen molar-refractivity contribution in [2.24, 2.45) is 0 Å². The fourth-order valence-corrected chi connectivity index (χ4v) is 1.19. The van der Waals surface area contributed by atoms with Gasteiger partial charge in [0.15, 0.2) is 0 Å². The van der Waals surface area contributed by atoms with Crippen molar-refractivity contribution in [2.75, 3.05) is 27.7 Å². The first-order chi connectivity index (χ1) is 5.56. The third-order valence-electron chi connectivity index (χ3n) is 1.91. The second-order valence-electron chi connectivity index (χ2n) is 3.74. The standard InChI is InChI=1S/C10H22N2/c1-9(2)6-7-10(11-3)8-12(4)5/h10-11H,1,6-8H2,2-5H3. The third kappa shape index (κ3) is 6.38. The van der Waals surface area contributed by atoms with Gasteiger partial charge in [-0.1, -0.05) is 5.57 Å². The summed E-state index contributed by atoms with van der Waals surface area (Å²) in [5.74, 6) is 0. The average Bonchev–Trinajstić information content (AvgIpc) is 1.97. The van der Waals surface area contributed by atoms with Crippen molar-refractivity contribution in [1.82, 2.24) is 10.2 Å². The lowest BCUT2D eigenvalue weighted by Gasteiger charge is -2.20. The summed E-state index contributed by atoms with van der Waals surface area (Å²) in [4.78, 5) is 2.21. The lowest BCUT2D eigenvalue weighted by Crippen LogP contribution is -2.35. The maximum atomic E-state index is 3.90. The van der Waals surface area contributed by atoms with Crippen LogP contribution < -0.4 is 5.32 Å². The zero-order valence-electron chi connectivity index (χ0n) is 8.85. The molecule has 0 heterocycles. The van der Waals surface area contributed by atoms with Crippen molar-refractivity contribution in [3.63, 3.8) is 0 Å². The van der Waals surface area contributed by atoms with Crippen LogP contribution in [0.5, 0.6) is 0 Å². The molecule has 0 aromatic rings. The number of rotatable bonds is 6. The summed E-state index contributed by atoms with van der Waals surface area (Å²) < 4.78 is 0. The van der Waals surface area contributed by atoms with Gasteiger partial charge in [0.1, 0.15) is 0 Å². The lowest BCUT2D eigenvalue weighted by molar-refractivity contribution is 0.337. The van der Waals surface area contributed by atoms with E-state index in [4.69, 9.17) is 0 Å². The van der Waals surface area contributed by atoms with Gasteiger partial charge in [0.2, 0.25) is 0 Å². The third-order valence-corrected chi connectivity index (χ3v) is 1.91. The van der Waals surface area contributed by atoms with E-state index in [0.29, 0.717) is 6.04 Å². The van der Waals surface area contributed by atoms with Gasteiger partial charge in [0.05, 0.1) is 0 Å². The molecular formula is C10H22N2. The number of nitrogens with zero attached hydrogens (tertiary/aromatic N) is 1. The molecule has 0 bridgehead atoms. The second-order valence-corrected chi connectivity index (χ2v) is 3.74. The predicted molar refractivity (Wildman–Crippen MR) is 55.4 cm³/mol. The fourth-order valence-electron chi connectivity index (χ4n) is 1.19. The van der Waals surface area contributed by atoms with Gasteiger partial charge in [-0.05, 0) is 40.9 Å². The van der Waals surface area contributed by atoms with Crippen molar-refractivity contribution in [1.29, 1.82) is 0 Å². The van der Waals surface area contributed by atoms with Crippen LogP contribution in [0.1, 0.15) is 19.8 Å². The number of hydrogen-bond acceptors (Lipinski definition) is 2. The highest BCUT2D eigenvalue weighted by Crippen LogP contribution is 2.04. The molecule has 0 aliphatic carbocycles. The highest BCUT2D eigenvalue weighted by atomic mass is 15.1. The summed E-state index contributed by atoms with van der Waals surface area (Å²) in [6, 6.07) is 0.594. The fraction of sp³-hybridized carbons (Fsp3) is 0.800. The SMILES string of the molecule is C=C(C)CCC(CN(C)C)NC. The van der Waals surface area contributed by atoms with Crippen molar-refractivity contribution in [3.8, 4) is 0 Å². The maximum Gasteiger partial charge on any atom is 0.0194 e. The van der Waals surface area contributed by atoms with Crippen LogP contribution in [-0.2, 0) is 0 Å². The lowest BCUT2D eigenvalue weighted by atomic mass is 10.1. The summed E-state index contributed by atoms with van der Waals surface area (Å²) in [5, 5.41) is 3.31. The molecule has 0 aliphatic heterocycles. The Morgan fingerprint density at radius 3 is 2.42 bits per heavy atom. The minimum atomic E-state index is 0.594. The smallest absolute Gasteiger partial charge is 0.0194 e. The molecule has 0 aromatic carbocycles. The van der Waals surface area contributed by atoms with Crippen molar-refractivity contribution in [2.45, 2.75) is 25.8 Å². The Bertz CT molecular complexity index is 130. The van der Waals surface area contributed by atoms with E-state index in [-0.39, 0.29) is 0 Å². The van der Waals surface area contributed by atoms with Crippen LogP contribution in [-0.4, -0.2) is 38.6 Å². The van der Waals surface area contributed by atoms with Crippen molar-refractivity contribution < 1.29 is 0 Å². The molecule has 0 spiro atoms. The van der Waals surface area contributed by atoms with Gasteiger partial charge in [0.25, 0.3) is 0 Å². The Morgan fingerprint density at radius 1 is 1.50 bits per heavy atom. The van der Waals surface area contributed by atoms with Crippen molar-refractivity contribution in [3.05, 3.63) is 12.2 Å². The molecule has 0 saturated heterocycles. The summed E-state index contributed by atoms with van der Waals surface area (Å²) in [7, 11) is 6.23. The molecule has 0 saturated carbocycles. The molecule has 0 fully saturated rings. The Hall–Kier alpha value is -0.340. The first-order valence-corrected chi connectivity index (χ1v) is 4.52. The van der Waals surface area contributed by atoms with Gasteiger partial charge in [-0.25, -0.2) is 0 Å². The van der Waals surface area contributed by atoms with E-state index >= 15 is 0 Å². The van der Waals surface area contributed by atoms with Crippen LogP contribution in [0.2, 0.25) is 0 Å². The van der Waals surface area contributed by atoms with Gasteiger partial charge in [-0.2, -0.15) is 0 Å². The number of likely N-dealkylation sites (N-methyl/N-ethyl adjacent to an activating group) is 2. The van der Waals surface area contributed by atoms with Gasteiger partial charge < -0.3 is 10.2 Å². The minimum Gasteiger partial charge on any atom is -0.316 e. The van der Waals surface area contributed by atoms with Crippen molar-refractivity contribution >= 4 is 0 Å². The van der Waals surface area contributed by atoms with Crippen LogP contribution in [0, 0.1) is 0 Å². The zero-order valence-corrected chi connectivity index (χ0v) is 8.85. The van der Waals surface area contributed by atoms with Crippen LogP contribution in [0.3, 0.4) is 0 Å². The molecular weight excluding hydrogens is 148 g/mol. The first kappa shape index (κ1) is 11.7. The van der Waals surface area contributed by atoms with E-state index in [1.165, 1.54) is 12.0 Å². The van der Waals surface area contributed by atoms with Crippen LogP contribution >= 0.6 is 0 Å². The van der Waals surface area contributed by atoms with E-state index in [2.05, 4.69) is 37.8 Å². The predicted octanol–water partition coefficient (Wildman–Crippen LogP) is 1.49. The monoisotopic (exact) mass is 170 g/mol. The zero-order chi connectivity index (χ0) is 9.56. The highest BCUT2D eigenvalue weighted by molar-refractivity contribution is 4.89. The van der Waals surface area contributed by atoms with E-state index in [9.17, 15) is 0 Å². The molecule has 72 valence electrons. The topological polar surface area (TPSA) is 15.3 Å². The van der Waals surface area contributed by atoms with E-state index in [0.717, 1.165) is 13.0 Å². The number of allylic oxidation sites excluding steroid dienone is 1. The van der Waals surface area contributed by atoms with Gasteiger partial charge in [-0.15, -0.1) is 6.58 Å². The summed E-state index contributed by atoms with van der Waals surface area (Å²) >= 11 is 0. The largest absolute Gasteiger partial charge is 0.316 e. The first-order valence-electron chi connectivity index (χ1n) is 4.52. The van der Waals surface area contributed by atoms with Crippen LogP contribution in [0.15, 0.2) is 12.2 Å².